The standard InChI is InChI=1S/C20H17F2N7O3/c1-12-16(29(27-24-12)14-5-3-13(4-6-14)19(21)22)10-32-18-8-7-17(25-26-18)28-9-15(23-11-28)20(30)31-2/h3-9,11,19H,10H2,1-2H3. The van der Waals surface area contributed by atoms with E-state index in [4.69, 9.17) is 4.74 Å². The Bertz CT molecular complexity index is 1220. The second kappa shape index (κ2) is 8.88. The molecule has 4 rings (SSSR count). The van der Waals surface area contributed by atoms with Gasteiger partial charge in [0, 0.05) is 17.8 Å². The minimum absolute atomic E-state index is 0.0737. The summed E-state index contributed by atoms with van der Waals surface area (Å²) in [5, 5.41) is 16.2. The molecule has 0 aliphatic heterocycles. The molecule has 10 nitrogen and oxygen atoms in total. The Kier molecular flexibility index (Phi) is 5.83. The normalized spacial score (nSPS) is 11.0. The molecule has 32 heavy (non-hydrogen) atoms. The van der Waals surface area contributed by atoms with Crippen LogP contribution in [0.1, 0.15) is 33.9 Å². The van der Waals surface area contributed by atoms with E-state index >= 15 is 0 Å². The van der Waals surface area contributed by atoms with E-state index in [1.807, 2.05) is 0 Å². The third-order valence-electron chi connectivity index (χ3n) is 4.57. The van der Waals surface area contributed by atoms with E-state index in [2.05, 4.69) is 30.2 Å². The molecule has 0 spiro atoms. The van der Waals surface area contributed by atoms with Gasteiger partial charge in [0.2, 0.25) is 5.88 Å². The molecule has 3 aromatic heterocycles. The fraction of sp³-hybridized carbons (Fsp3) is 0.200. The minimum atomic E-state index is -2.54. The number of carbonyl (C=O) groups excluding carboxylic acids is 1. The number of nitrogens with zero attached hydrogens (tertiary/aromatic N) is 7. The summed E-state index contributed by atoms with van der Waals surface area (Å²) in [5.41, 5.74) is 1.92. The van der Waals surface area contributed by atoms with Crippen LogP contribution >= 0.6 is 0 Å². The first-order chi connectivity index (χ1) is 15.5. The van der Waals surface area contributed by atoms with Crippen LogP contribution in [0.3, 0.4) is 0 Å². The fourth-order valence-electron chi connectivity index (χ4n) is 2.84. The molecule has 0 bridgehead atoms. The molecule has 4 aromatic rings. The van der Waals surface area contributed by atoms with Crippen molar-refractivity contribution >= 4 is 5.97 Å². The van der Waals surface area contributed by atoms with Crippen LogP contribution < -0.4 is 4.74 Å². The molecule has 0 fully saturated rings. The Morgan fingerprint density at radius 3 is 2.53 bits per heavy atom. The van der Waals surface area contributed by atoms with Crippen LogP contribution in [0.15, 0.2) is 48.9 Å². The Balaban J connectivity index is 1.47. The van der Waals surface area contributed by atoms with Gasteiger partial charge in [0.1, 0.15) is 18.6 Å². The molecule has 164 valence electrons. The van der Waals surface area contributed by atoms with Crippen molar-refractivity contribution in [2.24, 2.45) is 0 Å². The molecule has 0 aliphatic carbocycles. The van der Waals surface area contributed by atoms with Crippen molar-refractivity contribution < 1.29 is 23.0 Å². The van der Waals surface area contributed by atoms with Crippen LogP contribution in [-0.2, 0) is 11.3 Å². The largest absolute Gasteiger partial charge is 0.470 e. The second-order valence-electron chi connectivity index (χ2n) is 6.60. The van der Waals surface area contributed by atoms with Gasteiger partial charge in [0.25, 0.3) is 6.43 Å². The summed E-state index contributed by atoms with van der Waals surface area (Å²) in [7, 11) is 1.27. The lowest BCUT2D eigenvalue weighted by atomic mass is 10.2. The van der Waals surface area contributed by atoms with Crippen molar-refractivity contribution in [3.05, 3.63) is 71.6 Å². The highest BCUT2D eigenvalue weighted by molar-refractivity contribution is 5.86. The third-order valence-corrected chi connectivity index (χ3v) is 4.57. The Morgan fingerprint density at radius 1 is 1.09 bits per heavy atom. The molecule has 0 unspecified atom stereocenters. The summed E-state index contributed by atoms with van der Waals surface area (Å²) in [4.78, 5) is 15.5. The summed E-state index contributed by atoms with van der Waals surface area (Å²) in [5.74, 6) is 0.130. The van der Waals surface area contributed by atoms with Gasteiger partial charge in [-0.1, -0.05) is 17.3 Å². The zero-order chi connectivity index (χ0) is 22.7. The number of halogens is 2. The molecule has 0 aliphatic rings. The van der Waals surface area contributed by atoms with Gasteiger partial charge < -0.3 is 9.47 Å². The van der Waals surface area contributed by atoms with Crippen LogP contribution in [0.5, 0.6) is 5.88 Å². The SMILES string of the molecule is COC(=O)c1cn(-c2ccc(OCc3c(C)nnn3-c3ccc(C(F)F)cc3)nn2)cn1. The summed E-state index contributed by atoms with van der Waals surface area (Å²) < 4.78 is 39.0. The average Bonchev–Trinajstić information content (AvgIpc) is 3.45. The molecule has 0 saturated heterocycles. The Labute approximate surface area is 180 Å². The number of imidazole rings is 1. The Morgan fingerprint density at radius 2 is 1.88 bits per heavy atom. The van der Waals surface area contributed by atoms with Crippen molar-refractivity contribution in [3.63, 3.8) is 0 Å². The summed E-state index contributed by atoms with van der Waals surface area (Å²) in [6.07, 6.45) is 0.354. The highest BCUT2D eigenvalue weighted by Crippen LogP contribution is 2.21. The maximum Gasteiger partial charge on any atom is 0.358 e. The number of methoxy groups -OCH3 is 1. The molecule has 0 saturated carbocycles. The molecular formula is C20H17F2N7O3. The number of hydrogen-bond donors (Lipinski definition) is 0. The van der Waals surface area contributed by atoms with E-state index in [1.165, 1.54) is 41.0 Å². The number of rotatable bonds is 7. The van der Waals surface area contributed by atoms with Crippen LogP contribution in [0.25, 0.3) is 11.5 Å². The number of esters is 1. The zero-order valence-corrected chi connectivity index (χ0v) is 17.0. The van der Waals surface area contributed by atoms with E-state index < -0.39 is 12.4 Å². The lowest BCUT2D eigenvalue weighted by Crippen LogP contribution is -2.08. The molecule has 0 amide bonds. The monoisotopic (exact) mass is 441 g/mol. The van der Waals surface area contributed by atoms with Crippen LogP contribution in [0, 0.1) is 6.92 Å². The lowest BCUT2D eigenvalue weighted by Gasteiger charge is -2.09. The fourth-order valence-corrected chi connectivity index (χ4v) is 2.84. The predicted octanol–water partition coefficient (Wildman–Crippen LogP) is 2.85. The van der Waals surface area contributed by atoms with E-state index in [-0.39, 0.29) is 23.7 Å². The minimum Gasteiger partial charge on any atom is -0.470 e. The van der Waals surface area contributed by atoms with Crippen LogP contribution in [-0.4, -0.2) is 47.8 Å². The maximum absolute atomic E-state index is 12.8. The average molecular weight is 441 g/mol. The van der Waals surface area contributed by atoms with Gasteiger partial charge in [-0.15, -0.1) is 15.3 Å². The lowest BCUT2D eigenvalue weighted by molar-refractivity contribution is 0.0594. The van der Waals surface area contributed by atoms with E-state index in [0.29, 0.717) is 22.9 Å². The smallest absolute Gasteiger partial charge is 0.358 e. The first-order valence-corrected chi connectivity index (χ1v) is 9.35. The molecule has 0 radical (unpaired) electrons. The van der Waals surface area contributed by atoms with Gasteiger partial charge in [0.15, 0.2) is 11.5 Å². The Hall–Kier alpha value is -4.22. The number of ether oxygens (including phenoxy) is 2. The number of hydrogen-bond acceptors (Lipinski definition) is 8. The van der Waals surface area contributed by atoms with Crippen molar-refractivity contribution in [2.45, 2.75) is 20.0 Å². The number of carbonyl (C=O) groups is 1. The van der Waals surface area contributed by atoms with Gasteiger partial charge in [-0.2, -0.15) is 0 Å². The van der Waals surface area contributed by atoms with E-state index in [1.54, 1.807) is 31.2 Å². The molecule has 0 N–H and O–H groups in total. The third kappa shape index (κ3) is 4.29. The molecular weight excluding hydrogens is 424 g/mol. The maximum atomic E-state index is 12.8. The highest BCUT2D eigenvalue weighted by atomic mass is 19.3. The molecule has 12 heteroatoms. The second-order valence-corrected chi connectivity index (χ2v) is 6.60. The number of aromatic nitrogens is 7. The van der Waals surface area contributed by atoms with Crippen molar-refractivity contribution in [1.82, 2.24) is 34.7 Å². The zero-order valence-electron chi connectivity index (χ0n) is 17.0. The molecule has 0 atom stereocenters. The van der Waals surface area contributed by atoms with Crippen molar-refractivity contribution in [1.29, 1.82) is 0 Å². The molecule has 3 heterocycles. The van der Waals surface area contributed by atoms with Gasteiger partial charge in [-0.25, -0.2) is 23.2 Å². The highest BCUT2D eigenvalue weighted by Gasteiger charge is 2.14. The first kappa shape index (κ1) is 21.0. The quantitative estimate of drug-likeness (QED) is 0.403. The first-order valence-electron chi connectivity index (χ1n) is 9.35. The summed E-state index contributed by atoms with van der Waals surface area (Å²) in [6, 6.07) is 9.03. The van der Waals surface area contributed by atoms with Crippen molar-refractivity contribution in [3.8, 4) is 17.4 Å². The summed E-state index contributed by atoms with van der Waals surface area (Å²) >= 11 is 0. The molecule has 1 aromatic carbocycles. The van der Waals surface area contributed by atoms with Crippen molar-refractivity contribution in [2.75, 3.05) is 7.11 Å². The number of alkyl halides is 2. The van der Waals surface area contributed by atoms with E-state index in [0.717, 1.165) is 0 Å². The number of benzene rings is 1. The van der Waals surface area contributed by atoms with Crippen LogP contribution in [0.2, 0.25) is 0 Å². The van der Waals surface area contributed by atoms with Gasteiger partial charge in [-0.05, 0) is 25.1 Å². The number of aryl methyl sites for hydroxylation is 1. The van der Waals surface area contributed by atoms with Gasteiger partial charge >= 0.3 is 5.97 Å². The summed E-state index contributed by atoms with van der Waals surface area (Å²) in [6.45, 7) is 1.85. The predicted molar refractivity (Wildman–Crippen MR) is 106 cm³/mol. The topological polar surface area (TPSA) is 110 Å². The van der Waals surface area contributed by atoms with Crippen LogP contribution in [0.4, 0.5) is 8.78 Å². The van der Waals surface area contributed by atoms with E-state index in [9.17, 15) is 13.6 Å². The van der Waals surface area contributed by atoms with Gasteiger partial charge in [-0.3, -0.25) is 4.57 Å². The van der Waals surface area contributed by atoms with Gasteiger partial charge in [0.05, 0.1) is 18.5 Å².